The zero-order chi connectivity index (χ0) is 16.8. The first-order chi connectivity index (χ1) is 10.8. The van der Waals surface area contributed by atoms with E-state index >= 15 is 0 Å². The summed E-state index contributed by atoms with van der Waals surface area (Å²) >= 11 is 0. The van der Waals surface area contributed by atoms with Crippen molar-refractivity contribution in [1.29, 1.82) is 0 Å². The lowest BCUT2D eigenvalue weighted by molar-refractivity contribution is -0.131. The van der Waals surface area contributed by atoms with E-state index in [0.717, 1.165) is 18.4 Å². The molecule has 3 N–H and O–H groups in total. The number of carboxylic acid groups (broad SMARTS) is 1. The lowest BCUT2D eigenvalue weighted by atomic mass is 9.70. The fraction of sp³-hybridized carbons (Fsp3) is 0.706. The van der Waals surface area contributed by atoms with Crippen LogP contribution in [-0.2, 0) is 19.0 Å². The molecule has 1 saturated carbocycles. The monoisotopic (exact) mass is 323 g/mol. The highest BCUT2D eigenvalue weighted by atomic mass is 16.6. The molecule has 1 spiro atoms. The van der Waals surface area contributed by atoms with Gasteiger partial charge in [-0.3, -0.25) is 0 Å². The molecule has 3 aliphatic rings. The van der Waals surface area contributed by atoms with Crippen LogP contribution >= 0.6 is 0 Å². The number of carbonyl (C=O) groups is 1. The minimum absolute atomic E-state index is 0.0784. The standard InChI is InChI=1S/C17H25NO5/c1-10(2)4-5-12-17(18,23-12)15-14(21-3)11(8-13(19)20)6-7-16(15)9-22-16/h4,8,12,14-15H,5-7,9,18H2,1-3H3,(H,19,20)/b11-8-/t12-,14-,15+,16+,17+/m1/s1. The SMILES string of the molecule is CO[C@@H]1/C(=C\C(=O)O)CC[C@]2(CO2)[C@H]1[C@@]1(N)O[C@@H]1CC=C(C)C. The van der Waals surface area contributed by atoms with Gasteiger partial charge in [0.1, 0.15) is 11.7 Å². The molecular weight excluding hydrogens is 298 g/mol. The molecule has 0 aromatic heterocycles. The van der Waals surface area contributed by atoms with Gasteiger partial charge in [-0.1, -0.05) is 11.6 Å². The van der Waals surface area contributed by atoms with Gasteiger partial charge in [0.15, 0.2) is 5.72 Å². The van der Waals surface area contributed by atoms with Crippen molar-refractivity contribution in [3.05, 3.63) is 23.3 Å². The molecule has 0 bridgehead atoms. The summed E-state index contributed by atoms with van der Waals surface area (Å²) in [5.41, 5.74) is 7.37. The number of nitrogens with two attached hydrogens (primary N) is 1. The first-order valence-electron chi connectivity index (χ1n) is 8.02. The van der Waals surface area contributed by atoms with Crippen LogP contribution < -0.4 is 5.73 Å². The molecule has 2 aliphatic heterocycles. The highest BCUT2D eigenvalue weighted by Gasteiger charge is 2.72. The van der Waals surface area contributed by atoms with Gasteiger partial charge >= 0.3 is 5.97 Å². The van der Waals surface area contributed by atoms with Crippen LogP contribution in [0.4, 0.5) is 0 Å². The molecule has 6 heteroatoms. The highest BCUT2D eigenvalue weighted by molar-refractivity contribution is 5.81. The van der Waals surface area contributed by atoms with Crippen LogP contribution in [0, 0.1) is 5.92 Å². The fourth-order valence-corrected chi connectivity index (χ4v) is 3.87. The summed E-state index contributed by atoms with van der Waals surface area (Å²) in [5, 5.41) is 9.09. The quantitative estimate of drug-likeness (QED) is 0.453. The lowest BCUT2D eigenvalue weighted by Crippen LogP contribution is -2.55. The van der Waals surface area contributed by atoms with Crippen LogP contribution in [0.15, 0.2) is 23.3 Å². The smallest absolute Gasteiger partial charge is 0.328 e. The predicted molar refractivity (Wildman–Crippen MR) is 83.8 cm³/mol. The summed E-state index contributed by atoms with van der Waals surface area (Å²) in [6.07, 6.45) is 5.05. The second-order valence-electron chi connectivity index (χ2n) is 7.02. The Bertz CT molecular complexity index is 561. The maximum Gasteiger partial charge on any atom is 0.328 e. The molecule has 0 unspecified atom stereocenters. The van der Waals surface area contributed by atoms with E-state index in [1.807, 2.05) is 13.8 Å². The number of hydrogen-bond donors (Lipinski definition) is 2. The van der Waals surface area contributed by atoms with E-state index < -0.39 is 11.7 Å². The van der Waals surface area contributed by atoms with Crippen LogP contribution in [0.2, 0.25) is 0 Å². The number of hydrogen-bond acceptors (Lipinski definition) is 5. The molecule has 0 radical (unpaired) electrons. The van der Waals surface area contributed by atoms with Crippen molar-refractivity contribution in [1.82, 2.24) is 0 Å². The Hall–Kier alpha value is -1.21. The zero-order valence-electron chi connectivity index (χ0n) is 13.9. The summed E-state index contributed by atoms with van der Waals surface area (Å²) < 4.78 is 17.2. The number of methoxy groups -OCH3 is 1. The average molecular weight is 323 g/mol. The molecule has 128 valence electrons. The molecular formula is C17H25NO5. The first kappa shape index (κ1) is 16.6. The van der Waals surface area contributed by atoms with Gasteiger partial charge < -0.3 is 25.1 Å². The lowest BCUT2D eigenvalue weighted by Gasteiger charge is -2.39. The van der Waals surface area contributed by atoms with E-state index in [0.29, 0.717) is 13.0 Å². The maximum atomic E-state index is 11.1. The molecule has 0 amide bonds. The number of carboxylic acids is 1. The second-order valence-corrected chi connectivity index (χ2v) is 7.02. The molecule has 6 nitrogen and oxygen atoms in total. The van der Waals surface area contributed by atoms with E-state index in [-0.39, 0.29) is 23.7 Å². The van der Waals surface area contributed by atoms with Crippen molar-refractivity contribution in [2.45, 2.75) is 56.6 Å². The summed E-state index contributed by atoms with van der Waals surface area (Å²) in [4.78, 5) is 11.1. The third kappa shape index (κ3) is 2.96. The fourth-order valence-electron chi connectivity index (χ4n) is 3.87. The van der Waals surface area contributed by atoms with E-state index in [9.17, 15) is 4.79 Å². The Morgan fingerprint density at radius 2 is 2.22 bits per heavy atom. The van der Waals surface area contributed by atoms with Crippen molar-refractivity contribution >= 4 is 5.97 Å². The zero-order valence-corrected chi connectivity index (χ0v) is 13.9. The van der Waals surface area contributed by atoms with Crippen LogP contribution in [0.5, 0.6) is 0 Å². The largest absolute Gasteiger partial charge is 0.478 e. The van der Waals surface area contributed by atoms with Crippen molar-refractivity contribution in [2.75, 3.05) is 13.7 Å². The number of aliphatic carboxylic acids is 1. The molecule has 23 heavy (non-hydrogen) atoms. The number of rotatable bonds is 5. The Labute approximate surface area is 136 Å². The summed E-state index contributed by atoms with van der Waals surface area (Å²) in [5.74, 6) is -1.15. The normalized spacial score (nSPS) is 43.5. The first-order valence-corrected chi connectivity index (χ1v) is 8.02. The third-order valence-electron chi connectivity index (χ3n) is 5.17. The molecule has 3 rings (SSSR count). The van der Waals surface area contributed by atoms with Crippen LogP contribution in [-0.4, -0.2) is 48.3 Å². The molecule has 0 aromatic carbocycles. The summed E-state index contributed by atoms with van der Waals surface area (Å²) in [6, 6.07) is 0. The van der Waals surface area contributed by atoms with Crippen LogP contribution in [0.25, 0.3) is 0 Å². The van der Waals surface area contributed by atoms with Crippen LogP contribution in [0.1, 0.15) is 33.1 Å². The van der Waals surface area contributed by atoms with Gasteiger partial charge in [0.2, 0.25) is 0 Å². The van der Waals surface area contributed by atoms with Crippen molar-refractivity contribution in [3.8, 4) is 0 Å². The van der Waals surface area contributed by atoms with Gasteiger partial charge in [-0.2, -0.15) is 0 Å². The minimum atomic E-state index is -0.961. The summed E-state index contributed by atoms with van der Waals surface area (Å²) in [7, 11) is 1.59. The highest BCUT2D eigenvalue weighted by Crippen LogP contribution is 2.58. The van der Waals surface area contributed by atoms with E-state index in [2.05, 4.69) is 6.08 Å². The molecule has 0 aromatic rings. The second kappa shape index (κ2) is 5.70. The van der Waals surface area contributed by atoms with Gasteiger partial charge in [0, 0.05) is 13.2 Å². The Morgan fingerprint density at radius 1 is 1.52 bits per heavy atom. The van der Waals surface area contributed by atoms with E-state index in [1.165, 1.54) is 11.6 Å². The molecule has 2 heterocycles. The third-order valence-corrected chi connectivity index (χ3v) is 5.17. The van der Waals surface area contributed by atoms with E-state index in [4.69, 9.17) is 25.1 Å². The predicted octanol–water partition coefficient (Wildman–Crippen LogP) is 1.60. The van der Waals surface area contributed by atoms with Gasteiger partial charge in [0.05, 0.1) is 18.6 Å². The average Bonchev–Trinajstić information content (AvgIpc) is 3.37. The molecule has 3 fully saturated rings. The van der Waals surface area contributed by atoms with Gasteiger partial charge in [-0.05, 0) is 38.7 Å². The van der Waals surface area contributed by atoms with Gasteiger partial charge in [0.25, 0.3) is 0 Å². The Balaban J connectivity index is 1.85. The Kier molecular flexibility index (Phi) is 4.13. The summed E-state index contributed by atoms with van der Waals surface area (Å²) in [6.45, 7) is 4.71. The molecule has 2 saturated heterocycles. The van der Waals surface area contributed by atoms with Crippen molar-refractivity contribution in [3.63, 3.8) is 0 Å². The number of epoxide rings is 2. The molecule has 5 atom stereocenters. The van der Waals surface area contributed by atoms with Gasteiger partial charge in [-0.15, -0.1) is 0 Å². The van der Waals surface area contributed by atoms with Crippen molar-refractivity contribution in [2.24, 2.45) is 11.7 Å². The van der Waals surface area contributed by atoms with Gasteiger partial charge in [-0.25, -0.2) is 4.79 Å². The number of ether oxygens (including phenoxy) is 3. The van der Waals surface area contributed by atoms with Crippen LogP contribution in [0.3, 0.4) is 0 Å². The maximum absolute atomic E-state index is 11.1. The minimum Gasteiger partial charge on any atom is -0.478 e. The number of allylic oxidation sites excluding steroid dienone is 1. The Morgan fingerprint density at radius 3 is 2.74 bits per heavy atom. The molecule has 1 aliphatic carbocycles. The topological polar surface area (TPSA) is 97.6 Å². The van der Waals surface area contributed by atoms with Crippen molar-refractivity contribution < 1.29 is 24.1 Å². The van der Waals surface area contributed by atoms with E-state index in [1.54, 1.807) is 7.11 Å².